The highest BCUT2D eigenvalue weighted by Crippen LogP contribution is 2.29. The fraction of sp³-hybridized carbons (Fsp3) is 0.143. The van der Waals surface area contributed by atoms with Crippen molar-refractivity contribution in [2.75, 3.05) is 11.5 Å². The van der Waals surface area contributed by atoms with E-state index in [1.165, 1.54) is 5.56 Å². The first-order valence-electron chi connectivity index (χ1n) is 10.5. The maximum absolute atomic E-state index is 5.84. The Morgan fingerprint density at radius 1 is 0.500 bits per heavy atom. The zero-order valence-corrected chi connectivity index (χ0v) is 19.1. The Morgan fingerprint density at radius 3 is 1.62 bits per heavy atom. The molecule has 0 fully saturated rings. The monoisotopic (exact) mass is 426 g/mol. The normalized spacial score (nSPS) is 10.1. The molecule has 0 saturated carbocycles. The van der Waals surface area contributed by atoms with Crippen LogP contribution in [0, 0.1) is 27.7 Å². The van der Waals surface area contributed by atoms with Crippen LogP contribution < -0.4 is 20.9 Å². The maximum Gasteiger partial charge on any atom is 0.130 e. The standard InChI is InChI=1S/2C14H15NO/c1-10-4-3-5-13(8-10)16-14-7-6-12(15)9-11(14)2;1-10-5-3-4-6-13(10)16-14-8-7-12(15)9-11(14)2/h2*3-9H,15H2,1-2H3. The average Bonchev–Trinajstić information content (AvgIpc) is 2.74. The molecule has 0 heterocycles. The predicted molar refractivity (Wildman–Crippen MR) is 134 cm³/mol. The summed E-state index contributed by atoms with van der Waals surface area (Å²) in [5.41, 5.74) is 17.3. The van der Waals surface area contributed by atoms with Crippen molar-refractivity contribution in [3.05, 3.63) is 107 Å². The third-order valence-corrected chi connectivity index (χ3v) is 4.93. The van der Waals surface area contributed by atoms with Gasteiger partial charge in [0, 0.05) is 11.4 Å². The Labute approximate surface area is 190 Å². The largest absolute Gasteiger partial charge is 0.457 e. The number of nitrogen functional groups attached to an aromatic ring is 2. The number of nitrogens with two attached hydrogens (primary N) is 2. The molecule has 164 valence electrons. The summed E-state index contributed by atoms with van der Waals surface area (Å²) >= 11 is 0. The van der Waals surface area contributed by atoms with Crippen LogP contribution in [0.25, 0.3) is 0 Å². The van der Waals surface area contributed by atoms with Gasteiger partial charge < -0.3 is 20.9 Å². The minimum Gasteiger partial charge on any atom is -0.457 e. The molecule has 4 rings (SSSR count). The summed E-state index contributed by atoms with van der Waals surface area (Å²) < 4.78 is 11.6. The van der Waals surface area contributed by atoms with E-state index < -0.39 is 0 Å². The summed E-state index contributed by atoms with van der Waals surface area (Å²) in [4.78, 5) is 0. The van der Waals surface area contributed by atoms with Crippen molar-refractivity contribution in [3.8, 4) is 23.0 Å². The summed E-state index contributed by atoms with van der Waals surface area (Å²) in [6.45, 7) is 8.05. The molecule has 0 spiro atoms. The van der Waals surface area contributed by atoms with Crippen molar-refractivity contribution in [2.24, 2.45) is 0 Å². The third kappa shape index (κ3) is 6.29. The van der Waals surface area contributed by atoms with Crippen molar-refractivity contribution in [3.63, 3.8) is 0 Å². The Morgan fingerprint density at radius 2 is 1.06 bits per heavy atom. The van der Waals surface area contributed by atoms with Crippen LogP contribution in [0.3, 0.4) is 0 Å². The Balaban J connectivity index is 0.000000181. The number of rotatable bonds is 4. The maximum atomic E-state index is 5.84. The number of hydrogen-bond donors (Lipinski definition) is 2. The summed E-state index contributed by atoms with van der Waals surface area (Å²) in [6, 6.07) is 27.3. The molecule has 0 aliphatic heterocycles. The van der Waals surface area contributed by atoms with Gasteiger partial charge in [-0.05, 0) is 105 Å². The number of benzene rings is 4. The van der Waals surface area contributed by atoms with Gasteiger partial charge in [0.2, 0.25) is 0 Å². The molecular formula is C28H30N2O2. The summed E-state index contributed by atoms with van der Waals surface area (Å²) in [6.07, 6.45) is 0. The van der Waals surface area contributed by atoms with Gasteiger partial charge in [-0.1, -0.05) is 30.3 Å². The van der Waals surface area contributed by atoms with Crippen molar-refractivity contribution in [1.29, 1.82) is 0 Å². The third-order valence-electron chi connectivity index (χ3n) is 4.93. The molecule has 4 aromatic rings. The van der Waals surface area contributed by atoms with Crippen molar-refractivity contribution < 1.29 is 9.47 Å². The molecule has 0 aromatic heterocycles. The van der Waals surface area contributed by atoms with Gasteiger partial charge in [-0.25, -0.2) is 0 Å². The first kappa shape index (κ1) is 22.8. The molecule has 4 nitrogen and oxygen atoms in total. The number of hydrogen-bond acceptors (Lipinski definition) is 4. The number of anilines is 2. The number of para-hydroxylation sites is 1. The quantitative estimate of drug-likeness (QED) is 0.335. The topological polar surface area (TPSA) is 70.5 Å². The molecule has 0 atom stereocenters. The van der Waals surface area contributed by atoms with E-state index in [4.69, 9.17) is 20.9 Å². The number of aryl methyl sites for hydroxylation is 4. The van der Waals surface area contributed by atoms with Gasteiger partial charge >= 0.3 is 0 Å². The van der Waals surface area contributed by atoms with Crippen LogP contribution in [-0.4, -0.2) is 0 Å². The Bertz CT molecular complexity index is 1200. The van der Waals surface area contributed by atoms with Crippen molar-refractivity contribution >= 4 is 11.4 Å². The van der Waals surface area contributed by atoms with Gasteiger partial charge in [0.15, 0.2) is 0 Å². The van der Waals surface area contributed by atoms with Gasteiger partial charge in [0.1, 0.15) is 23.0 Å². The van der Waals surface area contributed by atoms with Gasteiger partial charge in [0.25, 0.3) is 0 Å². The average molecular weight is 427 g/mol. The summed E-state index contributed by atoms with van der Waals surface area (Å²) in [7, 11) is 0. The van der Waals surface area contributed by atoms with Crippen LogP contribution >= 0.6 is 0 Å². The van der Waals surface area contributed by atoms with Crippen LogP contribution in [0.15, 0.2) is 84.9 Å². The van der Waals surface area contributed by atoms with E-state index in [2.05, 4.69) is 0 Å². The second-order valence-electron chi connectivity index (χ2n) is 7.84. The molecule has 0 bridgehead atoms. The van der Waals surface area contributed by atoms with Crippen molar-refractivity contribution in [2.45, 2.75) is 27.7 Å². The lowest BCUT2D eigenvalue weighted by atomic mass is 10.2. The van der Waals surface area contributed by atoms with Gasteiger partial charge in [0.05, 0.1) is 0 Å². The molecule has 0 radical (unpaired) electrons. The first-order valence-corrected chi connectivity index (χ1v) is 10.5. The molecule has 0 aliphatic rings. The van der Waals surface area contributed by atoms with Crippen LogP contribution in [0.2, 0.25) is 0 Å². The minimum atomic E-state index is 0.758. The van der Waals surface area contributed by atoms with Crippen molar-refractivity contribution in [1.82, 2.24) is 0 Å². The smallest absolute Gasteiger partial charge is 0.130 e. The van der Waals surface area contributed by atoms with E-state index in [0.717, 1.165) is 51.1 Å². The van der Waals surface area contributed by atoms with Gasteiger partial charge in [-0.3, -0.25) is 0 Å². The molecular weight excluding hydrogens is 396 g/mol. The van der Waals surface area contributed by atoms with E-state index >= 15 is 0 Å². The lowest BCUT2D eigenvalue weighted by Crippen LogP contribution is -1.91. The first-order chi connectivity index (χ1) is 15.3. The molecule has 4 aromatic carbocycles. The zero-order valence-electron chi connectivity index (χ0n) is 19.1. The van der Waals surface area contributed by atoms with Crippen LogP contribution in [-0.2, 0) is 0 Å². The molecule has 0 saturated heterocycles. The highest BCUT2D eigenvalue weighted by atomic mass is 16.5. The van der Waals surface area contributed by atoms with Gasteiger partial charge in [-0.2, -0.15) is 0 Å². The number of ether oxygens (including phenoxy) is 2. The summed E-state index contributed by atoms with van der Waals surface area (Å²) in [5.74, 6) is 3.44. The Hall–Kier alpha value is -3.92. The molecule has 4 N–H and O–H groups in total. The molecule has 32 heavy (non-hydrogen) atoms. The van der Waals surface area contributed by atoms with Crippen LogP contribution in [0.4, 0.5) is 11.4 Å². The lowest BCUT2D eigenvalue weighted by molar-refractivity contribution is 0.475. The fourth-order valence-corrected chi connectivity index (χ4v) is 3.17. The van der Waals surface area contributed by atoms with Crippen LogP contribution in [0.5, 0.6) is 23.0 Å². The molecule has 0 unspecified atom stereocenters. The van der Waals surface area contributed by atoms with E-state index in [1.807, 2.05) is 113 Å². The van der Waals surface area contributed by atoms with E-state index in [1.54, 1.807) is 0 Å². The summed E-state index contributed by atoms with van der Waals surface area (Å²) in [5, 5.41) is 0. The predicted octanol–water partition coefficient (Wildman–Crippen LogP) is 7.36. The highest BCUT2D eigenvalue weighted by Gasteiger charge is 2.04. The zero-order chi connectivity index (χ0) is 23.1. The Kier molecular flexibility index (Phi) is 7.40. The SMILES string of the molecule is Cc1cccc(Oc2ccc(N)cc2C)c1.Cc1ccccc1Oc1ccc(N)cc1C. The van der Waals surface area contributed by atoms with E-state index in [-0.39, 0.29) is 0 Å². The molecule has 0 amide bonds. The van der Waals surface area contributed by atoms with E-state index in [9.17, 15) is 0 Å². The van der Waals surface area contributed by atoms with E-state index in [0.29, 0.717) is 0 Å². The second-order valence-corrected chi connectivity index (χ2v) is 7.84. The molecule has 4 heteroatoms. The van der Waals surface area contributed by atoms with Crippen LogP contribution in [0.1, 0.15) is 22.3 Å². The molecule has 0 aliphatic carbocycles. The second kappa shape index (κ2) is 10.4. The highest BCUT2D eigenvalue weighted by molar-refractivity contribution is 5.50. The fourth-order valence-electron chi connectivity index (χ4n) is 3.17. The van der Waals surface area contributed by atoms with Gasteiger partial charge in [-0.15, -0.1) is 0 Å². The minimum absolute atomic E-state index is 0.758. The lowest BCUT2D eigenvalue weighted by Gasteiger charge is -2.11.